The van der Waals surface area contributed by atoms with E-state index in [9.17, 15) is 12.8 Å². The van der Waals surface area contributed by atoms with E-state index in [0.717, 1.165) is 0 Å². The summed E-state index contributed by atoms with van der Waals surface area (Å²) in [5, 5.41) is 0.388. The van der Waals surface area contributed by atoms with Gasteiger partial charge < -0.3 is 5.73 Å². The zero-order chi connectivity index (χ0) is 15.1. The molecule has 20 heavy (non-hydrogen) atoms. The zero-order valence-corrected chi connectivity index (χ0v) is 13.4. The number of nitrogens with two attached hydrogens (primary N) is 1. The summed E-state index contributed by atoms with van der Waals surface area (Å²) in [5.41, 5.74) is 6.55. The SMILES string of the molecule is Cc1cc(F)c(S(=O)(=O)N2CC(C)SC(C)C2)cc1N. The molecule has 1 aliphatic rings. The van der Waals surface area contributed by atoms with Crippen LogP contribution >= 0.6 is 11.8 Å². The number of anilines is 1. The Morgan fingerprint density at radius 3 is 2.40 bits per heavy atom. The summed E-state index contributed by atoms with van der Waals surface area (Å²) in [4.78, 5) is -0.327. The van der Waals surface area contributed by atoms with Crippen molar-refractivity contribution in [2.24, 2.45) is 0 Å². The summed E-state index contributed by atoms with van der Waals surface area (Å²) < 4.78 is 40.5. The number of halogens is 1. The zero-order valence-electron chi connectivity index (χ0n) is 11.8. The molecule has 0 radical (unpaired) electrons. The Morgan fingerprint density at radius 2 is 1.85 bits per heavy atom. The van der Waals surface area contributed by atoms with Crippen molar-refractivity contribution < 1.29 is 12.8 Å². The minimum atomic E-state index is -3.83. The molecule has 1 fully saturated rings. The predicted molar refractivity (Wildman–Crippen MR) is 80.8 cm³/mol. The van der Waals surface area contributed by atoms with Crippen molar-refractivity contribution in [1.82, 2.24) is 4.31 Å². The first-order valence-corrected chi connectivity index (χ1v) is 8.81. The monoisotopic (exact) mass is 318 g/mol. The van der Waals surface area contributed by atoms with E-state index < -0.39 is 15.8 Å². The van der Waals surface area contributed by atoms with Gasteiger partial charge in [0, 0.05) is 29.3 Å². The van der Waals surface area contributed by atoms with Crippen LogP contribution in [0.4, 0.5) is 10.1 Å². The normalized spacial score (nSPS) is 24.8. The second kappa shape index (κ2) is 5.54. The first kappa shape index (κ1) is 15.6. The molecule has 1 aliphatic heterocycles. The van der Waals surface area contributed by atoms with Crippen LogP contribution < -0.4 is 5.73 Å². The topological polar surface area (TPSA) is 63.4 Å². The van der Waals surface area contributed by atoms with Gasteiger partial charge in [0.15, 0.2) is 0 Å². The van der Waals surface area contributed by atoms with Crippen molar-refractivity contribution in [1.29, 1.82) is 0 Å². The minimum Gasteiger partial charge on any atom is -0.398 e. The van der Waals surface area contributed by atoms with Crippen LogP contribution in [0.5, 0.6) is 0 Å². The van der Waals surface area contributed by atoms with Gasteiger partial charge in [-0.1, -0.05) is 13.8 Å². The number of hydrogen-bond donors (Lipinski definition) is 1. The summed E-state index contributed by atoms with van der Waals surface area (Å²) in [7, 11) is -3.83. The maximum Gasteiger partial charge on any atom is 0.246 e. The number of nitrogens with zero attached hydrogens (tertiary/aromatic N) is 1. The minimum absolute atomic E-state index is 0.194. The van der Waals surface area contributed by atoms with Crippen molar-refractivity contribution in [3.63, 3.8) is 0 Å². The van der Waals surface area contributed by atoms with Gasteiger partial charge in [0.25, 0.3) is 0 Å². The van der Waals surface area contributed by atoms with Crippen molar-refractivity contribution >= 4 is 27.5 Å². The first-order valence-electron chi connectivity index (χ1n) is 6.43. The molecule has 0 spiro atoms. The Kier molecular flexibility index (Phi) is 4.32. The summed E-state index contributed by atoms with van der Waals surface area (Å²) in [6, 6.07) is 2.39. The van der Waals surface area contributed by atoms with Crippen molar-refractivity contribution in [2.45, 2.75) is 36.2 Å². The molecule has 1 heterocycles. The van der Waals surface area contributed by atoms with E-state index in [4.69, 9.17) is 5.73 Å². The highest BCUT2D eigenvalue weighted by atomic mass is 32.2. The molecule has 112 valence electrons. The third-order valence-corrected chi connectivity index (χ3v) is 6.40. The van der Waals surface area contributed by atoms with Gasteiger partial charge in [-0.25, -0.2) is 12.8 Å². The molecule has 1 aromatic rings. The van der Waals surface area contributed by atoms with E-state index in [0.29, 0.717) is 18.7 Å². The number of nitrogen functional groups attached to an aromatic ring is 1. The maximum absolute atomic E-state index is 14.0. The molecule has 1 saturated heterocycles. The van der Waals surface area contributed by atoms with E-state index in [-0.39, 0.29) is 21.1 Å². The van der Waals surface area contributed by atoms with Crippen LogP contribution in [-0.4, -0.2) is 36.3 Å². The number of sulfonamides is 1. The largest absolute Gasteiger partial charge is 0.398 e. The maximum atomic E-state index is 14.0. The number of aryl methyl sites for hydroxylation is 1. The molecule has 2 N–H and O–H groups in total. The average molecular weight is 318 g/mol. The fourth-order valence-corrected chi connectivity index (χ4v) is 5.55. The second-order valence-electron chi connectivity index (χ2n) is 5.22. The fraction of sp³-hybridized carbons (Fsp3) is 0.538. The standard InChI is InChI=1S/C13H19FN2O2S2/c1-8-4-11(14)13(5-12(8)15)20(17,18)16-6-9(2)19-10(3)7-16/h4-5,9-10H,6-7,15H2,1-3H3. The smallest absolute Gasteiger partial charge is 0.246 e. The Labute approximate surface area is 123 Å². The van der Waals surface area contributed by atoms with Gasteiger partial charge >= 0.3 is 0 Å². The Hall–Kier alpha value is -0.790. The summed E-state index contributed by atoms with van der Waals surface area (Å²) in [6.07, 6.45) is 0. The molecule has 0 amide bonds. The average Bonchev–Trinajstić information content (AvgIpc) is 2.32. The first-order chi connectivity index (χ1) is 9.21. The molecule has 0 aliphatic carbocycles. The molecule has 4 nitrogen and oxygen atoms in total. The Morgan fingerprint density at radius 1 is 1.30 bits per heavy atom. The lowest BCUT2D eigenvalue weighted by atomic mass is 10.2. The quantitative estimate of drug-likeness (QED) is 0.849. The number of rotatable bonds is 2. The van der Waals surface area contributed by atoms with Gasteiger partial charge in [-0.3, -0.25) is 0 Å². The highest BCUT2D eigenvalue weighted by Crippen LogP contribution is 2.31. The van der Waals surface area contributed by atoms with E-state index >= 15 is 0 Å². The van der Waals surface area contributed by atoms with Crippen molar-refractivity contribution in [3.05, 3.63) is 23.5 Å². The van der Waals surface area contributed by atoms with E-state index in [2.05, 4.69) is 0 Å². The van der Waals surface area contributed by atoms with Crippen molar-refractivity contribution in [3.8, 4) is 0 Å². The third-order valence-electron chi connectivity index (χ3n) is 3.32. The molecular weight excluding hydrogens is 299 g/mol. The van der Waals surface area contributed by atoms with Gasteiger partial charge in [0.1, 0.15) is 10.7 Å². The van der Waals surface area contributed by atoms with E-state index in [1.807, 2.05) is 13.8 Å². The molecule has 1 aromatic carbocycles. The van der Waals surface area contributed by atoms with E-state index in [1.165, 1.54) is 16.4 Å². The van der Waals surface area contributed by atoms with Crippen LogP contribution in [0.15, 0.2) is 17.0 Å². The lowest BCUT2D eigenvalue weighted by molar-refractivity contribution is 0.401. The molecule has 2 unspecified atom stereocenters. The third kappa shape index (κ3) is 2.94. The van der Waals surface area contributed by atoms with Crippen molar-refractivity contribution in [2.75, 3.05) is 18.8 Å². The second-order valence-corrected chi connectivity index (χ2v) is 9.01. The van der Waals surface area contributed by atoms with Crippen LogP contribution in [0.1, 0.15) is 19.4 Å². The highest BCUT2D eigenvalue weighted by molar-refractivity contribution is 8.00. The molecule has 0 bridgehead atoms. The fourth-order valence-electron chi connectivity index (χ4n) is 2.33. The lowest BCUT2D eigenvalue weighted by Gasteiger charge is -2.33. The van der Waals surface area contributed by atoms with Gasteiger partial charge in [0.2, 0.25) is 10.0 Å². The van der Waals surface area contributed by atoms with E-state index in [1.54, 1.807) is 18.7 Å². The van der Waals surface area contributed by atoms with Gasteiger partial charge in [0.05, 0.1) is 0 Å². The van der Waals surface area contributed by atoms with Gasteiger partial charge in [-0.05, 0) is 24.6 Å². The number of thioether (sulfide) groups is 1. The molecule has 2 rings (SSSR count). The van der Waals surface area contributed by atoms with Crippen LogP contribution in [0, 0.1) is 12.7 Å². The highest BCUT2D eigenvalue weighted by Gasteiger charge is 2.33. The van der Waals surface area contributed by atoms with Gasteiger partial charge in [-0.2, -0.15) is 16.1 Å². The molecule has 2 atom stereocenters. The van der Waals surface area contributed by atoms with Crippen LogP contribution in [0.2, 0.25) is 0 Å². The Bertz CT molecular complexity index is 609. The lowest BCUT2D eigenvalue weighted by Crippen LogP contribution is -2.44. The Balaban J connectivity index is 2.42. The number of benzene rings is 1. The summed E-state index contributed by atoms with van der Waals surface area (Å²) in [6.45, 7) is 6.39. The van der Waals surface area contributed by atoms with Crippen LogP contribution in [-0.2, 0) is 10.0 Å². The molecular formula is C13H19FN2O2S2. The number of hydrogen-bond acceptors (Lipinski definition) is 4. The van der Waals surface area contributed by atoms with Gasteiger partial charge in [-0.15, -0.1) is 0 Å². The summed E-state index contributed by atoms with van der Waals surface area (Å²) >= 11 is 1.74. The predicted octanol–water partition coefficient (Wildman–Crippen LogP) is 2.23. The van der Waals surface area contributed by atoms with Crippen LogP contribution in [0.3, 0.4) is 0 Å². The van der Waals surface area contributed by atoms with Crippen LogP contribution in [0.25, 0.3) is 0 Å². The summed E-state index contributed by atoms with van der Waals surface area (Å²) in [5.74, 6) is -0.741. The molecule has 7 heteroatoms. The molecule has 0 saturated carbocycles. The molecule has 0 aromatic heterocycles.